The van der Waals surface area contributed by atoms with E-state index in [2.05, 4.69) is 36.4 Å². The number of carbonyl (C=O) groups is 1. The van der Waals surface area contributed by atoms with Crippen molar-refractivity contribution in [2.75, 3.05) is 0 Å². The average molecular weight is 725 g/mol. The van der Waals surface area contributed by atoms with Crippen molar-refractivity contribution < 1.29 is 22.5 Å². The van der Waals surface area contributed by atoms with Crippen LogP contribution in [0.25, 0.3) is 10.8 Å². The first-order chi connectivity index (χ1) is 25.6. The molecule has 11 aliphatic carbocycles. The van der Waals surface area contributed by atoms with Crippen molar-refractivity contribution in [1.82, 2.24) is 0 Å². The van der Waals surface area contributed by atoms with Gasteiger partial charge >= 0.3 is 5.97 Å². The molecule has 53 heavy (non-hydrogen) atoms. The van der Waals surface area contributed by atoms with Gasteiger partial charge in [-0.1, -0.05) is 60.7 Å². The third kappa shape index (κ3) is 4.63. The lowest BCUT2D eigenvalue weighted by atomic mass is 9.47. The lowest BCUT2D eigenvalue weighted by Crippen LogP contribution is -2.49. The number of fused-ring (bicyclic) bond motifs is 2. The van der Waals surface area contributed by atoms with Crippen molar-refractivity contribution in [2.24, 2.45) is 41.4 Å². The maximum absolute atomic E-state index is 14.6. The van der Waals surface area contributed by atoms with Gasteiger partial charge in [0.1, 0.15) is 10.6 Å². The Labute approximate surface area is 312 Å². The Morgan fingerprint density at radius 2 is 1.09 bits per heavy atom. The van der Waals surface area contributed by atoms with Gasteiger partial charge in [-0.25, -0.2) is 0 Å². The zero-order valence-corrected chi connectivity index (χ0v) is 31.1. The molecule has 1 N–H and O–H groups in total. The Morgan fingerprint density at radius 1 is 0.585 bits per heavy atom. The van der Waals surface area contributed by atoms with Crippen LogP contribution in [-0.4, -0.2) is 18.9 Å². The van der Waals surface area contributed by atoms with E-state index in [1.807, 2.05) is 0 Å². The van der Waals surface area contributed by atoms with Crippen LogP contribution in [0.1, 0.15) is 129 Å². The molecule has 0 aliphatic heterocycles. The van der Waals surface area contributed by atoms with E-state index < -0.39 is 10.1 Å². The molecule has 0 saturated heterocycles. The van der Waals surface area contributed by atoms with Crippen LogP contribution < -0.4 is 4.74 Å². The molecule has 10 bridgehead atoms. The van der Waals surface area contributed by atoms with Crippen LogP contribution in [0.2, 0.25) is 0 Å². The third-order valence-corrected chi connectivity index (χ3v) is 17.3. The van der Waals surface area contributed by atoms with Gasteiger partial charge in [0.15, 0.2) is 0 Å². The number of rotatable bonds is 5. The van der Waals surface area contributed by atoms with E-state index in [-0.39, 0.29) is 34.0 Å². The number of benzene rings is 4. The molecule has 15 rings (SSSR count). The van der Waals surface area contributed by atoms with E-state index in [4.69, 9.17) is 4.74 Å². The smallest absolute Gasteiger partial charge is 0.315 e. The molecule has 3 atom stereocenters. The lowest BCUT2D eigenvalue weighted by molar-refractivity contribution is -0.140. The minimum atomic E-state index is -4.45. The van der Waals surface area contributed by atoms with Crippen molar-refractivity contribution >= 4 is 26.9 Å². The number of hydrogen-bond acceptors (Lipinski definition) is 4. The maximum Gasteiger partial charge on any atom is 0.315 e. The highest BCUT2D eigenvalue weighted by atomic mass is 32.2. The number of ether oxygens (including phenoxy) is 1. The molecular weight excluding hydrogens is 677 g/mol. The Hall–Kier alpha value is -3.48. The summed E-state index contributed by atoms with van der Waals surface area (Å²) >= 11 is 0. The van der Waals surface area contributed by atoms with E-state index in [0.717, 1.165) is 35.5 Å². The Balaban J connectivity index is 0.955. The largest absolute Gasteiger partial charge is 0.426 e. The fraction of sp³-hybridized carbons (Fsp3) is 0.511. The van der Waals surface area contributed by atoms with E-state index >= 15 is 0 Å². The molecule has 0 spiro atoms. The van der Waals surface area contributed by atoms with Crippen molar-refractivity contribution in [1.29, 1.82) is 0 Å². The summed E-state index contributed by atoms with van der Waals surface area (Å²) in [7, 11) is -4.45. The van der Waals surface area contributed by atoms with Crippen molar-refractivity contribution in [3.63, 3.8) is 0 Å². The zero-order chi connectivity index (χ0) is 35.4. The van der Waals surface area contributed by atoms with Gasteiger partial charge in [0.2, 0.25) is 0 Å². The first kappa shape index (κ1) is 31.8. The van der Waals surface area contributed by atoms with Crippen LogP contribution in [0.4, 0.5) is 0 Å². The fourth-order valence-corrected chi connectivity index (χ4v) is 16.0. The molecule has 0 heterocycles. The van der Waals surface area contributed by atoms with Crippen molar-refractivity contribution in [3.05, 3.63) is 106 Å². The first-order valence-electron chi connectivity index (χ1n) is 20.6. The second kappa shape index (κ2) is 10.8. The minimum absolute atomic E-state index is 0.0832. The van der Waals surface area contributed by atoms with E-state index in [1.165, 1.54) is 117 Å². The zero-order valence-electron chi connectivity index (χ0n) is 30.3. The van der Waals surface area contributed by atoms with Gasteiger partial charge in [-0.15, -0.1) is 0 Å². The van der Waals surface area contributed by atoms with Gasteiger partial charge < -0.3 is 4.74 Å². The van der Waals surface area contributed by atoms with Crippen LogP contribution in [0.5, 0.6) is 5.75 Å². The summed E-state index contributed by atoms with van der Waals surface area (Å²) in [5.74, 6) is 5.04. The summed E-state index contributed by atoms with van der Waals surface area (Å²) in [4.78, 5) is 14.4. The first-order valence-corrected chi connectivity index (χ1v) is 22.0. The highest BCUT2D eigenvalue weighted by Crippen LogP contribution is 2.64. The number of carbonyl (C=O) groups excluding carboxylic acids is 1. The molecule has 0 radical (unpaired) electrons. The Morgan fingerprint density at radius 3 is 1.64 bits per heavy atom. The molecule has 0 aromatic heterocycles. The summed E-state index contributed by atoms with van der Waals surface area (Å²) in [6.45, 7) is 0. The molecule has 3 unspecified atom stereocenters. The predicted octanol–water partition coefficient (Wildman–Crippen LogP) is 10.2. The molecular formula is C47H48O5S. The highest BCUT2D eigenvalue weighted by Gasteiger charge is 2.55. The number of hydrogen-bond donors (Lipinski definition) is 1. The number of esters is 1. The van der Waals surface area contributed by atoms with E-state index in [9.17, 15) is 17.8 Å². The Kier molecular flexibility index (Phi) is 6.51. The van der Waals surface area contributed by atoms with Gasteiger partial charge in [0.05, 0.1) is 5.92 Å². The monoisotopic (exact) mass is 724 g/mol. The maximum atomic E-state index is 14.6. The van der Waals surface area contributed by atoms with E-state index in [1.54, 1.807) is 29.8 Å². The summed E-state index contributed by atoms with van der Waals surface area (Å²) in [5.41, 5.74) is 9.13. The van der Waals surface area contributed by atoms with Crippen LogP contribution in [0.15, 0.2) is 77.7 Å². The van der Waals surface area contributed by atoms with Crippen LogP contribution >= 0.6 is 0 Å². The van der Waals surface area contributed by atoms with Gasteiger partial charge in [-0.2, -0.15) is 8.42 Å². The topological polar surface area (TPSA) is 80.7 Å². The van der Waals surface area contributed by atoms with Gasteiger partial charge in [-0.3, -0.25) is 9.35 Å². The standard InChI is InChI=1S/C47H48O5S/c48-45(52-42-9-10-43(53(49,50)51)36-4-2-1-3-35(36)42)41-19-39-34-7-5-33(47-23-29-14-30(24-47)16-31(15-29)25-47)18-40(34)44(41)37-8-6-32(17-38(37)39)46-20-26-11-27(21-46)13-28(12-26)22-46/h1-10,17-18,26-31,39,41,44H,11-16,19-25H2,(H,49,50,51). The third-order valence-electron chi connectivity index (χ3n) is 16.4. The lowest BCUT2D eigenvalue weighted by Gasteiger charge is -2.58. The molecule has 5 nitrogen and oxygen atoms in total. The summed E-state index contributed by atoms with van der Waals surface area (Å²) in [6.07, 6.45) is 17.3. The molecule has 4 aromatic rings. The molecule has 0 amide bonds. The van der Waals surface area contributed by atoms with E-state index in [0.29, 0.717) is 28.4 Å². The van der Waals surface area contributed by atoms with Crippen molar-refractivity contribution in [3.8, 4) is 5.75 Å². The normalized spacial score (nSPS) is 38.2. The van der Waals surface area contributed by atoms with Gasteiger partial charge in [-0.05, 0) is 175 Å². The molecule has 272 valence electrons. The molecule has 11 aliphatic rings. The quantitative estimate of drug-likeness (QED) is 0.126. The van der Waals surface area contributed by atoms with Crippen LogP contribution in [-0.2, 0) is 25.7 Å². The second-order valence-corrected chi connectivity index (χ2v) is 20.8. The second-order valence-electron chi connectivity index (χ2n) is 19.5. The summed E-state index contributed by atoms with van der Waals surface area (Å²) in [5, 5.41) is 0.848. The summed E-state index contributed by atoms with van der Waals surface area (Å²) < 4.78 is 40.7. The molecule has 8 fully saturated rings. The van der Waals surface area contributed by atoms with Crippen molar-refractivity contribution in [2.45, 2.75) is 111 Å². The van der Waals surface area contributed by atoms with Crippen LogP contribution in [0, 0.1) is 41.4 Å². The highest BCUT2D eigenvalue weighted by molar-refractivity contribution is 7.86. The Bertz CT molecular complexity index is 2290. The van der Waals surface area contributed by atoms with Gasteiger partial charge in [0.25, 0.3) is 10.1 Å². The molecule has 4 aromatic carbocycles. The SMILES string of the molecule is O=C(Oc1ccc(S(=O)(=O)O)c2ccccc12)C1CC2c3cc(C45CC6CC(CC(C6)C4)C5)ccc3C1c1cc(C34CC5CC(CC(C5)C3)C4)ccc12. The molecule has 6 heteroatoms. The fourth-order valence-electron chi connectivity index (χ4n) is 15.3. The average Bonchev–Trinajstić information content (AvgIpc) is 3.13. The molecule has 8 saturated carbocycles. The minimum Gasteiger partial charge on any atom is -0.426 e. The predicted molar refractivity (Wildman–Crippen MR) is 204 cm³/mol. The van der Waals surface area contributed by atoms with Gasteiger partial charge in [0, 0.05) is 22.6 Å². The summed E-state index contributed by atoms with van der Waals surface area (Å²) in [6, 6.07) is 24.8. The van der Waals surface area contributed by atoms with Crippen LogP contribution in [0.3, 0.4) is 0 Å².